The van der Waals surface area contributed by atoms with Gasteiger partial charge in [0.05, 0.1) is 6.04 Å². The van der Waals surface area contributed by atoms with E-state index >= 15 is 0 Å². The van der Waals surface area contributed by atoms with Crippen molar-refractivity contribution in [2.75, 3.05) is 6.54 Å². The first-order chi connectivity index (χ1) is 11.2. The summed E-state index contributed by atoms with van der Waals surface area (Å²) in [6, 6.07) is 3.27. The maximum absolute atomic E-state index is 13.0. The van der Waals surface area contributed by atoms with Gasteiger partial charge >= 0.3 is 0 Å². The molecule has 2 aromatic rings. The van der Waals surface area contributed by atoms with E-state index in [1.165, 1.54) is 24.2 Å². The molecule has 6 nitrogen and oxygen atoms in total. The Morgan fingerprint density at radius 3 is 2.87 bits per heavy atom. The molecule has 3 heterocycles. The van der Waals surface area contributed by atoms with Crippen molar-refractivity contribution < 1.29 is 8.42 Å². The van der Waals surface area contributed by atoms with E-state index in [1.807, 2.05) is 0 Å². The Balaban J connectivity index is 1.67. The molecule has 1 aliphatic heterocycles. The normalized spacial score (nSPS) is 23.2. The highest BCUT2D eigenvalue weighted by molar-refractivity contribution is 7.91. The molecule has 1 saturated carbocycles. The highest BCUT2D eigenvalue weighted by Crippen LogP contribution is 2.37. The first kappa shape index (κ1) is 15.3. The lowest BCUT2D eigenvalue weighted by Gasteiger charge is -2.33. The standard InChI is InChI=1S/C15H20N4O2S2/c20-23(21,14-5-3-9-22-14)19-8-2-1-4-13(19)15-17-16-11-18(15)10-12-6-7-12/h3,5,9,11-13H,1-2,4,6-8,10H2/t13-/m0/s1. The number of piperidine rings is 1. The van der Waals surface area contributed by atoms with Crippen molar-refractivity contribution in [1.29, 1.82) is 0 Å². The van der Waals surface area contributed by atoms with Gasteiger partial charge in [-0.2, -0.15) is 4.31 Å². The van der Waals surface area contributed by atoms with Crippen LogP contribution in [-0.2, 0) is 16.6 Å². The van der Waals surface area contributed by atoms with Gasteiger partial charge in [0.1, 0.15) is 10.5 Å². The first-order valence-electron chi connectivity index (χ1n) is 8.09. The van der Waals surface area contributed by atoms with E-state index in [0.717, 1.165) is 31.6 Å². The molecule has 4 rings (SSSR count). The lowest BCUT2D eigenvalue weighted by Crippen LogP contribution is -2.39. The summed E-state index contributed by atoms with van der Waals surface area (Å²) in [5.74, 6) is 1.51. The Bertz CT molecular complexity index is 765. The van der Waals surface area contributed by atoms with Crippen LogP contribution in [0.2, 0.25) is 0 Å². The average molecular weight is 352 g/mol. The molecule has 2 fully saturated rings. The van der Waals surface area contributed by atoms with Gasteiger partial charge in [0.15, 0.2) is 5.82 Å². The smallest absolute Gasteiger partial charge is 0.253 e. The van der Waals surface area contributed by atoms with Crippen LogP contribution in [0.3, 0.4) is 0 Å². The van der Waals surface area contributed by atoms with Crippen molar-refractivity contribution in [3.8, 4) is 0 Å². The molecule has 0 spiro atoms. The topological polar surface area (TPSA) is 68.1 Å². The van der Waals surface area contributed by atoms with Gasteiger partial charge in [-0.15, -0.1) is 21.5 Å². The highest BCUT2D eigenvalue weighted by atomic mass is 32.2. The van der Waals surface area contributed by atoms with Crippen molar-refractivity contribution in [2.24, 2.45) is 5.92 Å². The monoisotopic (exact) mass is 352 g/mol. The van der Waals surface area contributed by atoms with Crippen molar-refractivity contribution in [3.63, 3.8) is 0 Å². The minimum atomic E-state index is -3.45. The van der Waals surface area contributed by atoms with Crippen LogP contribution < -0.4 is 0 Å². The van der Waals surface area contributed by atoms with Crippen LogP contribution in [0.25, 0.3) is 0 Å². The summed E-state index contributed by atoms with van der Waals surface area (Å²) in [6.45, 7) is 1.47. The fourth-order valence-electron chi connectivity index (χ4n) is 3.22. The third kappa shape index (κ3) is 2.95. The molecule has 0 aromatic carbocycles. The van der Waals surface area contributed by atoms with Crippen molar-refractivity contribution >= 4 is 21.4 Å². The zero-order valence-electron chi connectivity index (χ0n) is 12.8. The fraction of sp³-hybridized carbons (Fsp3) is 0.600. The summed E-state index contributed by atoms with van der Waals surface area (Å²) in [4.78, 5) is 0. The van der Waals surface area contributed by atoms with Crippen LogP contribution in [0.15, 0.2) is 28.0 Å². The summed E-state index contributed by atoms with van der Waals surface area (Å²) in [5, 5.41) is 10.1. The molecule has 2 aromatic heterocycles. The zero-order valence-corrected chi connectivity index (χ0v) is 14.5. The molecule has 1 aliphatic carbocycles. The minimum absolute atomic E-state index is 0.197. The third-order valence-corrected chi connectivity index (χ3v) is 7.89. The van der Waals surface area contributed by atoms with Gasteiger partial charge in [0.2, 0.25) is 0 Å². The van der Waals surface area contributed by atoms with Crippen LogP contribution in [0, 0.1) is 5.92 Å². The number of aromatic nitrogens is 3. The Labute approximate surface area is 140 Å². The molecule has 0 amide bonds. The maximum atomic E-state index is 13.0. The molecule has 0 N–H and O–H groups in total. The van der Waals surface area contributed by atoms with Crippen LogP contribution in [0.5, 0.6) is 0 Å². The van der Waals surface area contributed by atoms with E-state index in [-0.39, 0.29) is 6.04 Å². The predicted molar refractivity (Wildman–Crippen MR) is 87.5 cm³/mol. The number of nitrogens with zero attached hydrogens (tertiary/aromatic N) is 4. The first-order valence-corrected chi connectivity index (χ1v) is 10.4. The summed E-state index contributed by atoms with van der Waals surface area (Å²) >= 11 is 1.28. The van der Waals surface area contributed by atoms with Crippen molar-refractivity contribution in [1.82, 2.24) is 19.1 Å². The quantitative estimate of drug-likeness (QED) is 0.830. The molecular formula is C15H20N4O2S2. The molecule has 124 valence electrons. The second kappa shape index (κ2) is 5.99. The number of rotatable bonds is 5. The number of thiophene rings is 1. The molecule has 0 bridgehead atoms. The van der Waals surface area contributed by atoms with Gasteiger partial charge < -0.3 is 4.57 Å². The number of sulfonamides is 1. The lowest BCUT2D eigenvalue weighted by atomic mass is 10.0. The second-order valence-corrected chi connectivity index (χ2v) is 9.41. The molecule has 0 radical (unpaired) electrons. The molecule has 2 aliphatic rings. The molecule has 0 unspecified atom stereocenters. The SMILES string of the molecule is O=S(=O)(c1cccs1)N1CCCC[C@H]1c1nncn1CC1CC1. The van der Waals surface area contributed by atoms with Crippen LogP contribution in [0.4, 0.5) is 0 Å². The Morgan fingerprint density at radius 1 is 1.26 bits per heavy atom. The van der Waals surface area contributed by atoms with E-state index in [2.05, 4.69) is 14.8 Å². The zero-order chi connectivity index (χ0) is 15.9. The second-order valence-electron chi connectivity index (χ2n) is 6.34. The Hall–Kier alpha value is -1.25. The van der Waals surface area contributed by atoms with Gasteiger partial charge in [-0.25, -0.2) is 8.42 Å². The predicted octanol–water partition coefficient (Wildman–Crippen LogP) is 2.67. The largest absolute Gasteiger partial charge is 0.316 e. The van der Waals surface area contributed by atoms with Gasteiger partial charge in [-0.05, 0) is 43.0 Å². The van der Waals surface area contributed by atoms with E-state index in [1.54, 1.807) is 28.1 Å². The van der Waals surface area contributed by atoms with E-state index in [4.69, 9.17) is 0 Å². The molecule has 1 saturated heterocycles. The molecular weight excluding hydrogens is 332 g/mol. The summed E-state index contributed by atoms with van der Waals surface area (Å²) in [6.07, 6.45) is 6.99. The fourth-order valence-corrected chi connectivity index (χ4v) is 5.99. The average Bonchev–Trinajstić information content (AvgIpc) is 3.04. The van der Waals surface area contributed by atoms with Crippen LogP contribution in [-0.4, -0.2) is 34.0 Å². The maximum Gasteiger partial charge on any atom is 0.253 e. The van der Waals surface area contributed by atoms with Gasteiger partial charge in [0, 0.05) is 13.1 Å². The number of hydrogen-bond acceptors (Lipinski definition) is 5. The summed E-state index contributed by atoms with van der Waals surface area (Å²) in [7, 11) is -3.45. The van der Waals surface area contributed by atoms with E-state index < -0.39 is 10.0 Å². The minimum Gasteiger partial charge on any atom is -0.316 e. The third-order valence-electron chi connectivity index (χ3n) is 4.61. The lowest BCUT2D eigenvalue weighted by molar-refractivity contribution is 0.240. The van der Waals surface area contributed by atoms with E-state index in [9.17, 15) is 8.42 Å². The molecule has 23 heavy (non-hydrogen) atoms. The molecule has 8 heteroatoms. The molecule has 1 atom stereocenters. The van der Waals surface area contributed by atoms with Crippen LogP contribution in [0.1, 0.15) is 44.0 Å². The summed E-state index contributed by atoms with van der Waals surface area (Å²) in [5.41, 5.74) is 0. The van der Waals surface area contributed by atoms with Gasteiger partial charge in [-0.1, -0.05) is 12.5 Å². The van der Waals surface area contributed by atoms with Crippen LogP contribution >= 0.6 is 11.3 Å². The summed E-state index contributed by atoms with van der Waals surface area (Å²) < 4.78 is 30.1. The van der Waals surface area contributed by atoms with Gasteiger partial charge in [0.25, 0.3) is 10.0 Å². The van der Waals surface area contributed by atoms with Crippen molar-refractivity contribution in [3.05, 3.63) is 29.7 Å². The highest BCUT2D eigenvalue weighted by Gasteiger charge is 2.38. The Morgan fingerprint density at radius 2 is 2.13 bits per heavy atom. The Kier molecular flexibility index (Phi) is 3.98. The van der Waals surface area contributed by atoms with E-state index in [0.29, 0.717) is 16.7 Å². The number of hydrogen-bond donors (Lipinski definition) is 0. The van der Waals surface area contributed by atoms with Crippen molar-refractivity contribution in [2.45, 2.75) is 48.9 Å². The van der Waals surface area contributed by atoms with Gasteiger partial charge in [-0.3, -0.25) is 0 Å².